The van der Waals surface area contributed by atoms with Crippen LogP contribution in [0.4, 0.5) is 0 Å². The van der Waals surface area contributed by atoms with Crippen molar-refractivity contribution in [2.24, 2.45) is 0 Å². The second-order valence-electron chi connectivity index (χ2n) is 5.16. The van der Waals surface area contributed by atoms with E-state index in [-0.39, 0.29) is 0 Å². The van der Waals surface area contributed by atoms with E-state index in [0.29, 0.717) is 6.42 Å². The molecule has 0 heterocycles. The lowest BCUT2D eigenvalue weighted by Gasteiger charge is -2.01. The van der Waals surface area contributed by atoms with Crippen molar-refractivity contribution < 1.29 is 0 Å². The molecule has 0 aliphatic rings. The van der Waals surface area contributed by atoms with E-state index >= 15 is 0 Å². The van der Waals surface area contributed by atoms with Crippen LogP contribution >= 0.6 is 0 Å². The first kappa shape index (κ1) is 16.7. The average molecular weight is 245 g/mol. The molecule has 0 aromatic rings. The zero-order chi connectivity index (χ0) is 13.8. The number of rotatable bonds is 8. The molecule has 0 aliphatic carbocycles. The third-order valence-electron chi connectivity index (χ3n) is 2.87. The Morgan fingerprint density at radius 2 is 1.33 bits per heavy atom. The molecule has 1 nitrogen and oxygen atoms in total. The smallest absolute Gasteiger partial charge is 0.0625 e. The van der Waals surface area contributed by atoms with E-state index in [2.05, 4.69) is 52.0 Å². The summed E-state index contributed by atoms with van der Waals surface area (Å²) in [5, 5.41) is 8.46. The fourth-order valence-electron chi connectivity index (χ4n) is 1.72. The van der Waals surface area contributed by atoms with Gasteiger partial charge in [0, 0.05) is 6.42 Å². The van der Waals surface area contributed by atoms with Gasteiger partial charge in [-0.2, -0.15) is 5.26 Å². The Balaban J connectivity index is 3.83. The highest BCUT2D eigenvalue weighted by Crippen LogP contribution is 2.11. The molecule has 0 radical (unpaired) electrons. The van der Waals surface area contributed by atoms with Crippen LogP contribution in [-0.4, -0.2) is 0 Å². The van der Waals surface area contributed by atoms with Gasteiger partial charge in [0.05, 0.1) is 6.07 Å². The van der Waals surface area contributed by atoms with Crippen LogP contribution in [0.3, 0.4) is 0 Å². The van der Waals surface area contributed by atoms with Gasteiger partial charge >= 0.3 is 0 Å². The molecule has 0 saturated carbocycles. The first-order valence-corrected chi connectivity index (χ1v) is 6.88. The SMILES string of the molecule is CC(C)=CCC/C(C)=C/CC/C(C)=C/CCC#N. The van der Waals surface area contributed by atoms with E-state index < -0.39 is 0 Å². The summed E-state index contributed by atoms with van der Waals surface area (Å²) < 4.78 is 0. The Labute approximate surface area is 113 Å². The van der Waals surface area contributed by atoms with Crippen LogP contribution in [0.15, 0.2) is 34.9 Å². The Morgan fingerprint density at radius 1 is 0.833 bits per heavy atom. The van der Waals surface area contributed by atoms with Gasteiger partial charge in [0.15, 0.2) is 0 Å². The van der Waals surface area contributed by atoms with Crippen molar-refractivity contribution in [3.05, 3.63) is 34.9 Å². The molecule has 0 aliphatic heterocycles. The average Bonchev–Trinajstić information content (AvgIpc) is 2.29. The van der Waals surface area contributed by atoms with Crippen molar-refractivity contribution in [3.63, 3.8) is 0 Å². The van der Waals surface area contributed by atoms with Crippen molar-refractivity contribution in [1.29, 1.82) is 5.26 Å². The predicted octanol–water partition coefficient (Wildman–Crippen LogP) is 5.71. The fraction of sp³-hybridized carbons (Fsp3) is 0.588. The predicted molar refractivity (Wildman–Crippen MR) is 80.3 cm³/mol. The molecule has 0 fully saturated rings. The van der Waals surface area contributed by atoms with Crippen molar-refractivity contribution >= 4 is 0 Å². The molecule has 0 saturated heterocycles. The highest BCUT2D eigenvalue weighted by Gasteiger charge is 1.91. The molecule has 18 heavy (non-hydrogen) atoms. The van der Waals surface area contributed by atoms with Gasteiger partial charge in [-0.25, -0.2) is 0 Å². The summed E-state index contributed by atoms with van der Waals surface area (Å²) in [4.78, 5) is 0. The molecule has 0 N–H and O–H groups in total. The van der Waals surface area contributed by atoms with Crippen molar-refractivity contribution in [3.8, 4) is 6.07 Å². The summed E-state index contributed by atoms with van der Waals surface area (Å²) in [6.07, 6.45) is 12.9. The third kappa shape index (κ3) is 11.2. The van der Waals surface area contributed by atoms with E-state index in [1.807, 2.05) is 0 Å². The lowest BCUT2D eigenvalue weighted by atomic mass is 10.1. The lowest BCUT2D eigenvalue weighted by molar-refractivity contribution is 0.908. The van der Waals surface area contributed by atoms with E-state index in [9.17, 15) is 0 Å². The van der Waals surface area contributed by atoms with Gasteiger partial charge in [0.1, 0.15) is 0 Å². The second kappa shape index (κ2) is 10.8. The summed E-state index contributed by atoms with van der Waals surface area (Å²) in [6.45, 7) is 8.67. The molecule has 0 aromatic heterocycles. The Bertz CT molecular complexity index is 346. The minimum atomic E-state index is 0.634. The summed E-state index contributed by atoms with van der Waals surface area (Å²) >= 11 is 0. The van der Waals surface area contributed by atoms with Gasteiger partial charge < -0.3 is 0 Å². The molecule has 0 atom stereocenters. The zero-order valence-corrected chi connectivity index (χ0v) is 12.4. The van der Waals surface area contributed by atoms with Gasteiger partial charge in [-0.05, 0) is 59.8 Å². The number of allylic oxidation sites excluding steroid dienone is 6. The van der Waals surface area contributed by atoms with E-state index in [1.165, 1.54) is 23.1 Å². The second-order valence-corrected chi connectivity index (χ2v) is 5.16. The van der Waals surface area contributed by atoms with Crippen molar-refractivity contribution in [2.45, 2.75) is 66.2 Å². The Morgan fingerprint density at radius 3 is 1.83 bits per heavy atom. The number of nitriles is 1. The molecule has 0 rings (SSSR count). The molecule has 1 heteroatoms. The number of unbranched alkanes of at least 4 members (excludes halogenated alkanes) is 1. The van der Waals surface area contributed by atoms with Crippen LogP contribution in [-0.2, 0) is 0 Å². The normalized spacial score (nSPS) is 12.2. The Kier molecular flexibility index (Phi) is 10.1. The molecule has 100 valence electrons. The highest BCUT2D eigenvalue weighted by atomic mass is 14.2. The van der Waals surface area contributed by atoms with E-state index in [4.69, 9.17) is 5.26 Å². The minimum absolute atomic E-state index is 0.634. The van der Waals surface area contributed by atoms with Crippen LogP contribution in [0.2, 0.25) is 0 Å². The molecular weight excluding hydrogens is 218 g/mol. The fourth-order valence-corrected chi connectivity index (χ4v) is 1.72. The molecule has 0 spiro atoms. The minimum Gasteiger partial charge on any atom is -0.198 e. The number of hydrogen-bond acceptors (Lipinski definition) is 1. The monoisotopic (exact) mass is 245 g/mol. The maximum absolute atomic E-state index is 8.46. The van der Waals surface area contributed by atoms with Crippen LogP contribution in [0, 0.1) is 11.3 Å². The summed E-state index contributed by atoms with van der Waals surface area (Å²) in [5.41, 5.74) is 4.29. The summed E-state index contributed by atoms with van der Waals surface area (Å²) in [5.74, 6) is 0. The van der Waals surface area contributed by atoms with Gasteiger partial charge in [-0.1, -0.05) is 34.9 Å². The largest absolute Gasteiger partial charge is 0.198 e. The third-order valence-corrected chi connectivity index (χ3v) is 2.87. The molecule has 0 amide bonds. The standard InChI is InChI=1S/C17H27N/c1-15(2)9-7-11-17(4)13-8-12-16(3)10-5-6-14-18/h9-10,13H,5-8,11-12H2,1-4H3/b16-10+,17-13+. The van der Waals surface area contributed by atoms with E-state index in [1.54, 1.807) is 0 Å². The van der Waals surface area contributed by atoms with Gasteiger partial charge in [-0.3, -0.25) is 0 Å². The lowest BCUT2D eigenvalue weighted by Crippen LogP contribution is -1.81. The zero-order valence-electron chi connectivity index (χ0n) is 12.4. The Hall–Kier alpha value is -1.29. The maximum atomic E-state index is 8.46. The summed E-state index contributed by atoms with van der Waals surface area (Å²) in [7, 11) is 0. The number of hydrogen-bond donors (Lipinski definition) is 0. The maximum Gasteiger partial charge on any atom is 0.0625 e. The van der Waals surface area contributed by atoms with Crippen LogP contribution in [0.25, 0.3) is 0 Å². The topological polar surface area (TPSA) is 23.8 Å². The van der Waals surface area contributed by atoms with Gasteiger partial charge in [0.2, 0.25) is 0 Å². The van der Waals surface area contributed by atoms with Crippen molar-refractivity contribution in [1.82, 2.24) is 0 Å². The first-order chi connectivity index (χ1) is 8.56. The molecule has 0 bridgehead atoms. The van der Waals surface area contributed by atoms with Crippen LogP contribution < -0.4 is 0 Å². The molecule has 0 unspecified atom stereocenters. The van der Waals surface area contributed by atoms with Crippen LogP contribution in [0.1, 0.15) is 66.2 Å². The van der Waals surface area contributed by atoms with Crippen molar-refractivity contribution in [2.75, 3.05) is 0 Å². The van der Waals surface area contributed by atoms with Crippen LogP contribution in [0.5, 0.6) is 0 Å². The highest BCUT2D eigenvalue weighted by molar-refractivity contribution is 5.05. The quantitative estimate of drug-likeness (QED) is 0.397. The van der Waals surface area contributed by atoms with E-state index in [0.717, 1.165) is 25.7 Å². The molecular formula is C17H27N. The summed E-state index contributed by atoms with van der Waals surface area (Å²) in [6, 6.07) is 2.17. The first-order valence-electron chi connectivity index (χ1n) is 6.88. The van der Waals surface area contributed by atoms with Gasteiger partial charge in [0.25, 0.3) is 0 Å². The number of nitrogens with zero attached hydrogens (tertiary/aromatic N) is 1. The molecule has 0 aromatic carbocycles. The van der Waals surface area contributed by atoms with Gasteiger partial charge in [-0.15, -0.1) is 0 Å².